The number of benzene rings is 3. The van der Waals surface area contributed by atoms with E-state index < -0.39 is 0 Å². The number of ether oxygens (including phenoxy) is 2. The van der Waals surface area contributed by atoms with Crippen LogP contribution in [0.4, 0.5) is 4.39 Å². The number of halogens is 1. The molecule has 0 spiro atoms. The Balaban J connectivity index is 1.83. The molecule has 0 saturated carbocycles. The highest BCUT2D eigenvalue weighted by Gasteiger charge is 2.28. The first kappa shape index (κ1) is 20.2. The van der Waals surface area contributed by atoms with Crippen molar-refractivity contribution in [1.82, 2.24) is 0 Å². The highest BCUT2D eigenvalue weighted by atomic mass is 19.1. The molecule has 1 unspecified atom stereocenters. The summed E-state index contributed by atoms with van der Waals surface area (Å²) in [5.41, 5.74) is 7.74. The van der Waals surface area contributed by atoms with Gasteiger partial charge < -0.3 is 9.47 Å². The van der Waals surface area contributed by atoms with E-state index in [4.69, 9.17) is 9.47 Å². The topological polar surface area (TPSA) is 18.5 Å². The molecule has 3 aromatic carbocycles. The lowest BCUT2D eigenvalue weighted by Gasteiger charge is -2.31. The van der Waals surface area contributed by atoms with E-state index in [1.54, 1.807) is 14.2 Å². The van der Waals surface area contributed by atoms with Crippen molar-refractivity contribution in [2.45, 2.75) is 32.1 Å². The van der Waals surface area contributed by atoms with Crippen LogP contribution in [-0.4, -0.2) is 14.2 Å². The summed E-state index contributed by atoms with van der Waals surface area (Å²) in [6.45, 7) is 2.22. The minimum Gasteiger partial charge on any atom is -0.497 e. The van der Waals surface area contributed by atoms with E-state index in [-0.39, 0.29) is 5.82 Å². The van der Waals surface area contributed by atoms with E-state index in [0.717, 1.165) is 36.3 Å². The van der Waals surface area contributed by atoms with Crippen LogP contribution in [0.3, 0.4) is 0 Å². The van der Waals surface area contributed by atoms with Gasteiger partial charge in [0.25, 0.3) is 0 Å². The molecule has 3 aromatic rings. The summed E-state index contributed by atoms with van der Waals surface area (Å²) in [6, 6.07) is 21.6. The van der Waals surface area contributed by atoms with E-state index >= 15 is 0 Å². The fourth-order valence-electron chi connectivity index (χ4n) is 4.50. The van der Waals surface area contributed by atoms with Crippen LogP contribution < -0.4 is 9.47 Å². The highest BCUT2D eigenvalue weighted by Crippen LogP contribution is 2.44. The first-order valence-electron chi connectivity index (χ1n) is 10.4. The highest BCUT2D eigenvalue weighted by molar-refractivity contribution is 5.77. The molecular weight excluding hydrogens is 375 g/mol. The summed E-state index contributed by atoms with van der Waals surface area (Å²) in [6.07, 6.45) is 2.70. The van der Waals surface area contributed by atoms with Gasteiger partial charge in [0.05, 0.1) is 14.2 Å². The Hall–Kier alpha value is -3.07. The second-order valence-electron chi connectivity index (χ2n) is 7.71. The van der Waals surface area contributed by atoms with Gasteiger partial charge in [-0.25, -0.2) is 4.39 Å². The molecular formula is C27H27FO2. The molecule has 1 aliphatic rings. The summed E-state index contributed by atoms with van der Waals surface area (Å²) in [4.78, 5) is 0. The van der Waals surface area contributed by atoms with Gasteiger partial charge >= 0.3 is 0 Å². The quantitative estimate of drug-likeness (QED) is 0.463. The smallest absolute Gasteiger partial charge is 0.123 e. The molecule has 0 bridgehead atoms. The summed E-state index contributed by atoms with van der Waals surface area (Å²) in [7, 11) is 3.40. The van der Waals surface area contributed by atoms with Crippen LogP contribution in [0.15, 0.2) is 72.3 Å². The van der Waals surface area contributed by atoms with Gasteiger partial charge in [0.2, 0.25) is 0 Å². The maximum Gasteiger partial charge on any atom is 0.123 e. The maximum atomic E-state index is 13.5. The van der Waals surface area contributed by atoms with Crippen molar-refractivity contribution in [3.8, 4) is 11.5 Å². The Kier molecular flexibility index (Phi) is 5.89. The Morgan fingerprint density at radius 2 is 1.53 bits per heavy atom. The largest absolute Gasteiger partial charge is 0.497 e. The lowest BCUT2D eigenvalue weighted by molar-refractivity contribution is 0.414. The average Bonchev–Trinajstić information content (AvgIpc) is 2.80. The summed E-state index contributed by atoms with van der Waals surface area (Å²) in [5.74, 6) is 1.85. The van der Waals surface area contributed by atoms with Crippen LogP contribution in [0.25, 0.3) is 5.57 Å². The van der Waals surface area contributed by atoms with Crippen LogP contribution in [0, 0.1) is 5.82 Å². The Morgan fingerprint density at radius 3 is 2.17 bits per heavy atom. The van der Waals surface area contributed by atoms with E-state index in [0.29, 0.717) is 5.92 Å². The Bertz CT molecular complexity index is 1050. The molecule has 0 N–H and O–H groups in total. The molecule has 0 saturated heterocycles. The number of allylic oxidation sites excluding steroid dienone is 2. The van der Waals surface area contributed by atoms with Crippen LogP contribution in [0.1, 0.15) is 41.5 Å². The SMILES string of the molecule is CCC1=C(Cc2ccc(F)cc2)c2cc(OC)ccc2CC1c1ccc(OC)cc1. The average molecular weight is 403 g/mol. The van der Waals surface area contributed by atoms with E-state index in [9.17, 15) is 4.39 Å². The molecule has 0 radical (unpaired) electrons. The third-order valence-electron chi connectivity index (χ3n) is 6.07. The van der Waals surface area contributed by atoms with E-state index in [1.165, 1.54) is 40.0 Å². The van der Waals surface area contributed by atoms with Crippen molar-refractivity contribution in [2.75, 3.05) is 14.2 Å². The first-order valence-corrected chi connectivity index (χ1v) is 10.4. The standard InChI is InChI=1S/C27H27FO2/c1-4-24-25(19-7-12-22(29-2)13-8-19)16-20-9-14-23(30-3)17-26(20)27(24)15-18-5-10-21(28)11-6-18/h5-14,17,25H,4,15-16H2,1-3H3. The van der Waals surface area contributed by atoms with Crippen molar-refractivity contribution in [2.24, 2.45) is 0 Å². The normalized spacial score (nSPS) is 15.7. The van der Waals surface area contributed by atoms with Gasteiger partial charge in [-0.3, -0.25) is 0 Å². The molecule has 0 heterocycles. The molecule has 1 atom stereocenters. The van der Waals surface area contributed by atoms with Gasteiger partial charge in [-0.05, 0) is 83.5 Å². The zero-order chi connectivity index (χ0) is 21.1. The number of hydrogen-bond donors (Lipinski definition) is 0. The third kappa shape index (κ3) is 3.97. The van der Waals surface area contributed by atoms with Gasteiger partial charge in [0.15, 0.2) is 0 Å². The number of methoxy groups -OCH3 is 2. The zero-order valence-electron chi connectivity index (χ0n) is 17.7. The fourth-order valence-corrected chi connectivity index (χ4v) is 4.50. The van der Waals surface area contributed by atoms with Crippen molar-refractivity contribution in [1.29, 1.82) is 0 Å². The lowest BCUT2D eigenvalue weighted by atomic mass is 9.73. The van der Waals surface area contributed by atoms with Gasteiger partial charge in [-0.1, -0.05) is 42.8 Å². The van der Waals surface area contributed by atoms with E-state index in [2.05, 4.69) is 31.2 Å². The number of fused-ring (bicyclic) bond motifs is 1. The van der Waals surface area contributed by atoms with Crippen molar-refractivity contribution < 1.29 is 13.9 Å². The van der Waals surface area contributed by atoms with Gasteiger partial charge in [-0.2, -0.15) is 0 Å². The van der Waals surface area contributed by atoms with Gasteiger partial charge in [0, 0.05) is 5.92 Å². The fraction of sp³-hybridized carbons (Fsp3) is 0.259. The minimum absolute atomic E-state index is 0.203. The van der Waals surface area contributed by atoms with Crippen LogP contribution >= 0.6 is 0 Å². The molecule has 2 nitrogen and oxygen atoms in total. The third-order valence-corrected chi connectivity index (χ3v) is 6.07. The monoisotopic (exact) mass is 402 g/mol. The minimum atomic E-state index is -0.203. The lowest BCUT2D eigenvalue weighted by Crippen LogP contribution is -2.16. The Morgan fingerprint density at radius 1 is 0.867 bits per heavy atom. The van der Waals surface area contributed by atoms with Gasteiger partial charge in [-0.15, -0.1) is 0 Å². The molecule has 0 amide bonds. The molecule has 154 valence electrons. The van der Waals surface area contributed by atoms with E-state index in [1.807, 2.05) is 30.3 Å². The van der Waals surface area contributed by atoms with Gasteiger partial charge in [0.1, 0.15) is 17.3 Å². The van der Waals surface area contributed by atoms with Crippen molar-refractivity contribution >= 4 is 5.57 Å². The number of rotatable bonds is 6. The maximum absolute atomic E-state index is 13.5. The van der Waals surface area contributed by atoms with Crippen molar-refractivity contribution in [3.05, 3.63) is 100 Å². The molecule has 0 fully saturated rings. The predicted molar refractivity (Wildman–Crippen MR) is 120 cm³/mol. The number of hydrogen-bond acceptors (Lipinski definition) is 2. The van der Waals surface area contributed by atoms with Crippen LogP contribution in [0.2, 0.25) is 0 Å². The molecule has 30 heavy (non-hydrogen) atoms. The molecule has 3 heteroatoms. The molecule has 0 aromatic heterocycles. The van der Waals surface area contributed by atoms with Crippen LogP contribution in [0.5, 0.6) is 11.5 Å². The first-order chi connectivity index (χ1) is 14.6. The Labute approximate surface area is 178 Å². The molecule has 1 aliphatic carbocycles. The second-order valence-corrected chi connectivity index (χ2v) is 7.71. The predicted octanol–water partition coefficient (Wildman–Crippen LogP) is 6.59. The zero-order valence-corrected chi connectivity index (χ0v) is 17.7. The summed E-state index contributed by atoms with van der Waals surface area (Å²) < 4.78 is 24.3. The molecule has 4 rings (SSSR count). The summed E-state index contributed by atoms with van der Waals surface area (Å²) >= 11 is 0. The molecule has 0 aliphatic heterocycles. The summed E-state index contributed by atoms with van der Waals surface area (Å²) in [5, 5.41) is 0. The van der Waals surface area contributed by atoms with Crippen molar-refractivity contribution in [3.63, 3.8) is 0 Å². The van der Waals surface area contributed by atoms with Crippen LogP contribution in [-0.2, 0) is 12.8 Å². The second kappa shape index (κ2) is 8.74.